The molecule has 1 aromatic carbocycles. The SMILES string of the molecule is Cc1ccc(Br)c(C(=O)NC(C)CC(C)C)c1. The van der Waals surface area contributed by atoms with E-state index in [0.717, 1.165) is 16.5 Å². The molecule has 0 aliphatic rings. The van der Waals surface area contributed by atoms with Crippen LogP contribution in [0.3, 0.4) is 0 Å². The molecule has 0 aromatic heterocycles. The standard InChI is InChI=1S/C14H20BrNO/c1-9(2)7-11(4)16-14(17)12-8-10(3)5-6-13(12)15/h5-6,8-9,11H,7H2,1-4H3,(H,16,17). The van der Waals surface area contributed by atoms with Gasteiger partial charge in [-0.2, -0.15) is 0 Å². The van der Waals surface area contributed by atoms with E-state index >= 15 is 0 Å². The van der Waals surface area contributed by atoms with Crippen molar-refractivity contribution >= 4 is 21.8 Å². The summed E-state index contributed by atoms with van der Waals surface area (Å²) in [5.74, 6) is 0.583. The summed E-state index contributed by atoms with van der Waals surface area (Å²) in [5, 5.41) is 3.03. The maximum absolute atomic E-state index is 12.1. The molecule has 1 rings (SSSR count). The normalized spacial score (nSPS) is 12.6. The first-order valence-corrected chi connectivity index (χ1v) is 6.76. The zero-order valence-electron chi connectivity index (χ0n) is 10.9. The van der Waals surface area contributed by atoms with Gasteiger partial charge < -0.3 is 5.32 Å². The minimum atomic E-state index is -0.00581. The molecule has 3 heteroatoms. The van der Waals surface area contributed by atoms with Gasteiger partial charge in [0.1, 0.15) is 0 Å². The molecular weight excluding hydrogens is 278 g/mol. The van der Waals surface area contributed by atoms with E-state index in [0.29, 0.717) is 11.5 Å². The predicted molar refractivity (Wildman–Crippen MR) is 75.3 cm³/mol. The first-order chi connectivity index (χ1) is 7.90. The number of carbonyl (C=O) groups is 1. The Labute approximate surface area is 112 Å². The molecule has 0 heterocycles. The van der Waals surface area contributed by atoms with Gasteiger partial charge in [0.2, 0.25) is 0 Å². The third-order valence-corrected chi connectivity index (χ3v) is 3.26. The second-order valence-corrected chi connectivity index (χ2v) is 5.84. The molecule has 0 aliphatic carbocycles. The van der Waals surface area contributed by atoms with Gasteiger partial charge >= 0.3 is 0 Å². The summed E-state index contributed by atoms with van der Waals surface area (Å²) in [6, 6.07) is 6.01. The summed E-state index contributed by atoms with van der Waals surface area (Å²) in [5.41, 5.74) is 1.80. The molecule has 0 saturated carbocycles. The first kappa shape index (κ1) is 14.2. The van der Waals surface area contributed by atoms with Crippen LogP contribution in [0.5, 0.6) is 0 Å². The van der Waals surface area contributed by atoms with E-state index in [2.05, 4.69) is 35.1 Å². The molecule has 0 fully saturated rings. The maximum Gasteiger partial charge on any atom is 0.252 e. The van der Waals surface area contributed by atoms with Crippen molar-refractivity contribution in [3.05, 3.63) is 33.8 Å². The van der Waals surface area contributed by atoms with Crippen molar-refractivity contribution in [3.63, 3.8) is 0 Å². The quantitative estimate of drug-likeness (QED) is 0.896. The second-order valence-electron chi connectivity index (χ2n) is 4.99. The topological polar surface area (TPSA) is 29.1 Å². The molecule has 94 valence electrons. The van der Waals surface area contributed by atoms with Crippen LogP contribution in [0.2, 0.25) is 0 Å². The van der Waals surface area contributed by atoms with Gasteiger partial charge in [-0.25, -0.2) is 0 Å². The van der Waals surface area contributed by atoms with Crippen molar-refractivity contribution in [2.45, 2.75) is 40.2 Å². The Hall–Kier alpha value is -0.830. The van der Waals surface area contributed by atoms with Crippen LogP contribution in [0.1, 0.15) is 43.1 Å². The number of hydrogen-bond acceptors (Lipinski definition) is 1. The summed E-state index contributed by atoms with van der Waals surface area (Å²) >= 11 is 3.41. The molecule has 1 amide bonds. The van der Waals surface area contributed by atoms with Crippen molar-refractivity contribution in [2.75, 3.05) is 0 Å². The molecule has 0 saturated heterocycles. The van der Waals surface area contributed by atoms with Crippen molar-refractivity contribution in [2.24, 2.45) is 5.92 Å². The molecule has 1 N–H and O–H groups in total. The van der Waals surface area contributed by atoms with Gasteiger partial charge in [0, 0.05) is 10.5 Å². The lowest BCUT2D eigenvalue weighted by Gasteiger charge is -2.16. The molecule has 0 spiro atoms. The molecule has 17 heavy (non-hydrogen) atoms. The number of amides is 1. The van der Waals surface area contributed by atoms with Crippen LogP contribution in [0.15, 0.2) is 22.7 Å². The molecule has 0 radical (unpaired) electrons. The highest BCUT2D eigenvalue weighted by Crippen LogP contribution is 2.18. The average Bonchev–Trinajstić information content (AvgIpc) is 2.20. The largest absolute Gasteiger partial charge is 0.350 e. The Morgan fingerprint density at radius 3 is 2.59 bits per heavy atom. The summed E-state index contributed by atoms with van der Waals surface area (Å²) in [6.45, 7) is 8.35. The van der Waals surface area contributed by atoms with Crippen molar-refractivity contribution in [3.8, 4) is 0 Å². The van der Waals surface area contributed by atoms with Gasteiger partial charge in [-0.3, -0.25) is 4.79 Å². The monoisotopic (exact) mass is 297 g/mol. The number of nitrogens with one attached hydrogen (secondary N) is 1. The lowest BCUT2D eigenvalue weighted by atomic mass is 10.0. The molecule has 2 nitrogen and oxygen atoms in total. The Balaban J connectivity index is 2.73. The fourth-order valence-electron chi connectivity index (χ4n) is 1.88. The van der Waals surface area contributed by atoms with Crippen LogP contribution in [0, 0.1) is 12.8 Å². The van der Waals surface area contributed by atoms with E-state index in [-0.39, 0.29) is 11.9 Å². The van der Waals surface area contributed by atoms with Gasteiger partial charge in [0.15, 0.2) is 0 Å². The predicted octanol–water partition coefficient (Wildman–Crippen LogP) is 3.92. The molecule has 1 aromatic rings. The number of rotatable bonds is 4. The van der Waals surface area contributed by atoms with E-state index in [1.807, 2.05) is 32.0 Å². The Morgan fingerprint density at radius 1 is 1.35 bits per heavy atom. The first-order valence-electron chi connectivity index (χ1n) is 5.97. The van der Waals surface area contributed by atoms with Crippen molar-refractivity contribution in [1.82, 2.24) is 5.32 Å². The molecule has 0 bridgehead atoms. The van der Waals surface area contributed by atoms with Gasteiger partial charge in [-0.1, -0.05) is 25.5 Å². The summed E-state index contributed by atoms with van der Waals surface area (Å²) in [4.78, 5) is 12.1. The van der Waals surface area contributed by atoms with Crippen LogP contribution in [-0.2, 0) is 0 Å². The summed E-state index contributed by atoms with van der Waals surface area (Å²) in [7, 11) is 0. The maximum atomic E-state index is 12.1. The van der Waals surface area contributed by atoms with E-state index in [1.54, 1.807) is 0 Å². The smallest absolute Gasteiger partial charge is 0.252 e. The van der Waals surface area contributed by atoms with Crippen molar-refractivity contribution < 1.29 is 4.79 Å². The zero-order valence-corrected chi connectivity index (χ0v) is 12.5. The highest BCUT2D eigenvalue weighted by atomic mass is 79.9. The number of benzene rings is 1. The van der Waals surface area contributed by atoms with Crippen LogP contribution >= 0.6 is 15.9 Å². The Morgan fingerprint density at radius 2 is 2.00 bits per heavy atom. The summed E-state index contributed by atoms with van der Waals surface area (Å²) < 4.78 is 0.845. The minimum absolute atomic E-state index is 0.00581. The highest BCUT2D eigenvalue weighted by Gasteiger charge is 2.13. The Kier molecular flexibility index (Phi) is 5.19. The van der Waals surface area contributed by atoms with Gasteiger partial charge in [-0.05, 0) is 54.2 Å². The number of aryl methyl sites for hydroxylation is 1. The van der Waals surface area contributed by atoms with Gasteiger partial charge in [-0.15, -0.1) is 0 Å². The lowest BCUT2D eigenvalue weighted by molar-refractivity contribution is 0.0935. The number of hydrogen-bond donors (Lipinski definition) is 1. The zero-order chi connectivity index (χ0) is 13.0. The average molecular weight is 298 g/mol. The molecule has 1 unspecified atom stereocenters. The second kappa shape index (κ2) is 6.20. The van der Waals surface area contributed by atoms with Crippen LogP contribution in [-0.4, -0.2) is 11.9 Å². The van der Waals surface area contributed by atoms with E-state index < -0.39 is 0 Å². The minimum Gasteiger partial charge on any atom is -0.350 e. The fourth-order valence-corrected chi connectivity index (χ4v) is 2.31. The molecular formula is C14H20BrNO. The van der Waals surface area contributed by atoms with E-state index in [9.17, 15) is 4.79 Å². The van der Waals surface area contributed by atoms with Crippen molar-refractivity contribution in [1.29, 1.82) is 0 Å². The molecule has 0 aliphatic heterocycles. The Bertz CT molecular complexity index is 401. The number of halogens is 1. The van der Waals surface area contributed by atoms with E-state index in [1.165, 1.54) is 0 Å². The number of carbonyl (C=O) groups excluding carboxylic acids is 1. The van der Waals surface area contributed by atoms with Crippen LogP contribution in [0.25, 0.3) is 0 Å². The van der Waals surface area contributed by atoms with Crippen LogP contribution in [0.4, 0.5) is 0 Å². The van der Waals surface area contributed by atoms with Gasteiger partial charge in [0.05, 0.1) is 5.56 Å². The van der Waals surface area contributed by atoms with Gasteiger partial charge in [0.25, 0.3) is 5.91 Å². The third-order valence-electron chi connectivity index (χ3n) is 2.57. The lowest BCUT2D eigenvalue weighted by Crippen LogP contribution is -2.33. The third kappa shape index (κ3) is 4.50. The highest BCUT2D eigenvalue weighted by molar-refractivity contribution is 9.10. The van der Waals surface area contributed by atoms with E-state index in [4.69, 9.17) is 0 Å². The molecule has 1 atom stereocenters. The fraction of sp³-hybridized carbons (Fsp3) is 0.500. The van der Waals surface area contributed by atoms with Crippen LogP contribution < -0.4 is 5.32 Å². The summed E-state index contributed by atoms with van der Waals surface area (Å²) in [6.07, 6.45) is 0.995.